The van der Waals surface area contributed by atoms with Crippen molar-refractivity contribution in [3.05, 3.63) is 57.6 Å². The van der Waals surface area contributed by atoms with Crippen molar-refractivity contribution in [3.63, 3.8) is 0 Å². The molecular weight excluding hydrogens is 388 g/mol. The number of hydrogen-bond acceptors (Lipinski definition) is 8. The molecule has 0 spiro atoms. The van der Waals surface area contributed by atoms with Gasteiger partial charge in [0.05, 0.1) is 35.0 Å². The molecule has 2 aliphatic heterocycles. The lowest BCUT2D eigenvalue weighted by atomic mass is 10.1. The number of hydrogen-bond donors (Lipinski definition) is 0. The largest absolute Gasteiger partial charge is 0.465 e. The second-order valence-corrected chi connectivity index (χ2v) is 7.06. The van der Waals surface area contributed by atoms with Crippen molar-refractivity contribution in [2.24, 2.45) is 0 Å². The van der Waals surface area contributed by atoms with Gasteiger partial charge in [-0.15, -0.1) is 11.8 Å². The van der Waals surface area contributed by atoms with Gasteiger partial charge in [-0.25, -0.2) is 4.79 Å². The van der Waals surface area contributed by atoms with Gasteiger partial charge < -0.3 is 14.2 Å². The Morgan fingerprint density at radius 3 is 2.57 bits per heavy atom. The van der Waals surface area contributed by atoms with E-state index in [2.05, 4.69) is 4.74 Å². The molecular formula is C18H14N2O7S. The number of rotatable bonds is 4. The average Bonchev–Trinajstić information content (AvgIpc) is 3.32. The first-order valence-corrected chi connectivity index (χ1v) is 9.24. The number of methoxy groups -OCH3 is 1. The fourth-order valence-electron chi connectivity index (χ4n) is 3.11. The molecule has 1 fully saturated rings. The molecule has 0 bridgehead atoms. The third-order valence-corrected chi connectivity index (χ3v) is 5.61. The van der Waals surface area contributed by atoms with Gasteiger partial charge in [0.1, 0.15) is 5.37 Å². The summed E-state index contributed by atoms with van der Waals surface area (Å²) < 4.78 is 15.2. The first kappa shape index (κ1) is 18.1. The van der Waals surface area contributed by atoms with Crippen molar-refractivity contribution in [1.82, 2.24) is 0 Å². The Morgan fingerprint density at radius 2 is 1.93 bits per heavy atom. The Hall–Kier alpha value is -3.27. The van der Waals surface area contributed by atoms with E-state index in [9.17, 15) is 19.7 Å². The molecule has 0 radical (unpaired) electrons. The number of nitro benzene ring substituents is 1. The minimum atomic E-state index is -0.605. The topological polar surface area (TPSA) is 108 Å². The van der Waals surface area contributed by atoms with Crippen molar-refractivity contribution in [3.8, 4) is 11.5 Å². The van der Waals surface area contributed by atoms with E-state index < -0.39 is 16.3 Å². The molecule has 1 unspecified atom stereocenters. The van der Waals surface area contributed by atoms with Crippen LogP contribution in [0.25, 0.3) is 0 Å². The predicted molar refractivity (Wildman–Crippen MR) is 99.7 cm³/mol. The molecule has 2 aromatic carbocycles. The highest BCUT2D eigenvalue weighted by Crippen LogP contribution is 2.48. The number of esters is 1. The van der Waals surface area contributed by atoms with Crippen molar-refractivity contribution >= 4 is 35.0 Å². The summed E-state index contributed by atoms with van der Waals surface area (Å²) in [5, 5.41) is 11.0. The molecule has 28 heavy (non-hydrogen) atoms. The number of carbonyl (C=O) groups is 2. The fourth-order valence-corrected chi connectivity index (χ4v) is 4.31. The lowest BCUT2D eigenvalue weighted by molar-refractivity contribution is -0.385. The van der Waals surface area contributed by atoms with Crippen LogP contribution in [0.15, 0.2) is 36.4 Å². The van der Waals surface area contributed by atoms with Crippen LogP contribution in [0.1, 0.15) is 21.3 Å². The fraction of sp³-hybridized carbons (Fsp3) is 0.222. The molecule has 10 heteroatoms. The standard InChI is InChI=1S/C18H14N2O7S/c1-25-18(22)10-2-4-11(5-3-10)19-16(21)8-28-17(19)12-6-14-15(27-9-26-14)7-13(12)20(23)24/h2-7,17H,8-9H2,1H3. The van der Waals surface area contributed by atoms with Crippen LogP contribution in [0.3, 0.4) is 0 Å². The van der Waals surface area contributed by atoms with Gasteiger partial charge in [-0.3, -0.25) is 19.8 Å². The summed E-state index contributed by atoms with van der Waals surface area (Å²) >= 11 is 1.28. The minimum absolute atomic E-state index is 0.00855. The number of nitrogens with zero attached hydrogens (tertiary/aromatic N) is 2. The molecule has 4 rings (SSSR count). The smallest absolute Gasteiger partial charge is 0.337 e. The Bertz CT molecular complexity index is 977. The van der Waals surface area contributed by atoms with Gasteiger partial charge >= 0.3 is 5.97 Å². The Morgan fingerprint density at radius 1 is 1.25 bits per heavy atom. The summed E-state index contributed by atoms with van der Waals surface area (Å²) in [6.45, 7) is -0.00855. The number of fused-ring (bicyclic) bond motifs is 1. The number of amides is 1. The van der Waals surface area contributed by atoms with E-state index in [1.165, 1.54) is 29.8 Å². The zero-order valence-corrected chi connectivity index (χ0v) is 15.4. The highest BCUT2D eigenvalue weighted by Gasteiger charge is 2.39. The summed E-state index contributed by atoms with van der Waals surface area (Å²) in [6, 6.07) is 9.18. The summed E-state index contributed by atoms with van der Waals surface area (Å²) in [6.07, 6.45) is 0. The van der Waals surface area contributed by atoms with Crippen molar-refractivity contribution in [1.29, 1.82) is 0 Å². The van der Waals surface area contributed by atoms with Crippen molar-refractivity contribution in [2.45, 2.75) is 5.37 Å². The van der Waals surface area contributed by atoms with Crippen LogP contribution in [0.4, 0.5) is 11.4 Å². The summed E-state index contributed by atoms with van der Waals surface area (Å²) in [5.74, 6) is 0.208. The molecule has 144 valence electrons. The maximum Gasteiger partial charge on any atom is 0.337 e. The molecule has 2 heterocycles. The van der Waals surface area contributed by atoms with Crippen LogP contribution in [0.2, 0.25) is 0 Å². The third-order valence-electron chi connectivity index (χ3n) is 4.42. The van der Waals surface area contributed by atoms with Crippen LogP contribution in [-0.4, -0.2) is 36.5 Å². The normalized spacial score (nSPS) is 17.7. The second-order valence-electron chi connectivity index (χ2n) is 5.99. The molecule has 0 N–H and O–H groups in total. The minimum Gasteiger partial charge on any atom is -0.465 e. The van der Waals surface area contributed by atoms with Crippen molar-refractivity contribution < 1.29 is 28.7 Å². The summed E-state index contributed by atoms with van der Waals surface area (Å²) in [7, 11) is 1.28. The number of thioether (sulfide) groups is 1. The van der Waals surface area contributed by atoms with Crippen LogP contribution in [0.5, 0.6) is 11.5 Å². The lowest BCUT2D eigenvalue weighted by Crippen LogP contribution is -2.28. The van der Waals surface area contributed by atoms with Gasteiger partial charge in [0.2, 0.25) is 12.7 Å². The molecule has 2 aromatic rings. The lowest BCUT2D eigenvalue weighted by Gasteiger charge is -2.24. The van der Waals surface area contributed by atoms with Gasteiger partial charge in [0.25, 0.3) is 5.69 Å². The van der Waals surface area contributed by atoms with Gasteiger partial charge in [-0.1, -0.05) is 0 Å². The molecule has 1 atom stereocenters. The SMILES string of the molecule is COC(=O)c1ccc(N2C(=O)CSC2c2cc3c(cc2[N+](=O)[O-])OCO3)cc1. The van der Waals surface area contributed by atoms with Crippen molar-refractivity contribution in [2.75, 3.05) is 24.6 Å². The first-order valence-electron chi connectivity index (χ1n) is 8.19. The zero-order valence-electron chi connectivity index (χ0n) is 14.6. The van der Waals surface area contributed by atoms with Gasteiger partial charge in [0, 0.05) is 5.69 Å². The number of ether oxygens (including phenoxy) is 3. The molecule has 9 nitrogen and oxygen atoms in total. The van der Waals surface area contributed by atoms with E-state index in [-0.39, 0.29) is 24.1 Å². The highest BCUT2D eigenvalue weighted by atomic mass is 32.2. The van der Waals surface area contributed by atoms with Gasteiger partial charge in [0.15, 0.2) is 11.5 Å². The Kier molecular flexibility index (Phi) is 4.55. The molecule has 0 aromatic heterocycles. The second kappa shape index (κ2) is 7.04. The van der Waals surface area contributed by atoms with E-state index in [1.807, 2.05) is 0 Å². The quantitative estimate of drug-likeness (QED) is 0.436. The summed E-state index contributed by atoms with van der Waals surface area (Å²) in [4.78, 5) is 36.7. The summed E-state index contributed by atoms with van der Waals surface area (Å²) in [5.41, 5.74) is 1.07. The third kappa shape index (κ3) is 3.01. The Balaban J connectivity index is 1.75. The van der Waals surface area contributed by atoms with E-state index in [0.717, 1.165) is 0 Å². The highest BCUT2D eigenvalue weighted by molar-refractivity contribution is 8.00. The van der Waals surface area contributed by atoms with E-state index in [1.54, 1.807) is 30.3 Å². The maximum absolute atomic E-state index is 12.5. The molecule has 1 amide bonds. The monoisotopic (exact) mass is 402 g/mol. The number of benzene rings is 2. The molecule has 1 saturated heterocycles. The van der Waals surface area contributed by atoms with E-state index in [4.69, 9.17) is 9.47 Å². The first-order chi connectivity index (χ1) is 13.5. The molecule has 2 aliphatic rings. The maximum atomic E-state index is 12.5. The van der Waals surface area contributed by atoms with Crippen LogP contribution in [0, 0.1) is 10.1 Å². The average molecular weight is 402 g/mol. The zero-order chi connectivity index (χ0) is 19.8. The van der Waals surface area contributed by atoms with Gasteiger partial charge in [-0.05, 0) is 30.3 Å². The predicted octanol–water partition coefficient (Wildman–Crippen LogP) is 2.89. The number of anilines is 1. The Labute approximate surface area is 163 Å². The van der Waals surface area contributed by atoms with Crippen LogP contribution < -0.4 is 14.4 Å². The number of carbonyl (C=O) groups excluding carboxylic acids is 2. The van der Waals surface area contributed by atoms with E-state index >= 15 is 0 Å². The van der Waals surface area contributed by atoms with E-state index in [0.29, 0.717) is 28.3 Å². The molecule has 0 saturated carbocycles. The number of nitro groups is 1. The van der Waals surface area contributed by atoms with Gasteiger partial charge in [-0.2, -0.15) is 0 Å². The van der Waals surface area contributed by atoms with Crippen LogP contribution in [-0.2, 0) is 9.53 Å². The van der Waals surface area contributed by atoms with Crippen LogP contribution >= 0.6 is 11.8 Å². The molecule has 0 aliphatic carbocycles.